The van der Waals surface area contributed by atoms with Crippen molar-refractivity contribution in [2.24, 2.45) is 0 Å². The predicted octanol–water partition coefficient (Wildman–Crippen LogP) is 4.75. The molecule has 0 aliphatic carbocycles. The molecule has 0 heterocycles. The molecule has 0 saturated carbocycles. The average Bonchev–Trinajstić information content (AvgIpc) is 2.81. The summed E-state index contributed by atoms with van der Waals surface area (Å²) in [5.41, 5.74) is 1.87. The first-order valence-electron chi connectivity index (χ1n) is 11.3. The number of phenolic OH excluding ortho intramolecular Hbond substituents is 1. The van der Waals surface area contributed by atoms with Gasteiger partial charge in [0.05, 0.1) is 4.90 Å². The molecule has 37 heavy (non-hydrogen) atoms. The Bertz CT molecular complexity index is 1440. The van der Waals surface area contributed by atoms with Gasteiger partial charge in [-0.05, 0) is 67.0 Å². The van der Waals surface area contributed by atoms with Gasteiger partial charge in [0.15, 0.2) is 9.84 Å². The summed E-state index contributed by atoms with van der Waals surface area (Å²) >= 11 is 13.0. The number of hydrogen-bond acceptors (Lipinski definition) is 6. The summed E-state index contributed by atoms with van der Waals surface area (Å²) in [6.45, 7) is 1.75. The minimum Gasteiger partial charge on any atom is -0.508 e. The molecular formula is C26H28Cl2NO6PS. The maximum absolute atomic E-state index is 13.2. The molecule has 0 spiro atoms. The fraction of sp³-hybridized carbons (Fsp3) is 0.269. The van der Waals surface area contributed by atoms with E-state index in [1.165, 1.54) is 24.3 Å². The van der Waals surface area contributed by atoms with Gasteiger partial charge in [0, 0.05) is 39.9 Å². The minimum absolute atomic E-state index is 0.0604. The lowest BCUT2D eigenvalue weighted by molar-refractivity contribution is -0.139. The summed E-state index contributed by atoms with van der Waals surface area (Å²) in [7, 11) is -6.14. The number of aromatic hydroxyl groups is 1. The van der Waals surface area contributed by atoms with Crippen LogP contribution in [0, 0.1) is 0 Å². The van der Waals surface area contributed by atoms with Crippen LogP contribution in [0.15, 0.2) is 65.6 Å². The van der Waals surface area contributed by atoms with Crippen molar-refractivity contribution < 1.29 is 28.0 Å². The Labute approximate surface area is 226 Å². The number of carboxylic acids is 1. The summed E-state index contributed by atoms with van der Waals surface area (Å²) < 4.78 is 36.8. The molecule has 0 radical (unpaired) electrons. The van der Waals surface area contributed by atoms with Crippen LogP contribution in [-0.2, 0) is 38.6 Å². The lowest BCUT2D eigenvalue weighted by atomic mass is 10.0. The molecule has 0 bridgehead atoms. The molecule has 3 rings (SSSR count). The Morgan fingerprint density at radius 2 is 1.68 bits per heavy atom. The third-order valence-electron chi connectivity index (χ3n) is 5.99. The van der Waals surface area contributed by atoms with Crippen LogP contribution in [0.4, 0.5) is 0 Å². The Morgan fingerprint density at radius 3 is 2.27 bits per heavy atom. The highest BCUT2D eigenvalue weighted by molar-refractivity contribution is 7.90. The first-order chi connectivity index (χ1) is 17.3. The molecule has 2 atom stereocenters. The number of sulfone groups is 1. The zero-order valence-electron chi connectivity index (χ0n) is 20.3. The van der Waals surface area contributed by atoms with Crippen molar-refractivity contribution in [3.05, 3.63) is 87.4 Å². The zero-order valence-corrected chi connectivity index (χ0v) is 23.5. The fourth-order valence-electron chi connectivity index (χ4n) is 3.84. The van der Waals surface area contributed by atoms with Gasteiger partial charge < -0.3 is 14.8 Å². The second-order valence-corrected chi connectivity index (χ2v) is 15.0. The molecule has 0 aliphatic rings. The van der Waals surface area contributed by atoms with E-state index >= 15 is 0 Å². The number of phenols is 1. The maximum Gasteiger partial charge on any atom is 0.321 e. The van der Waals surface area contributed by atoms with E-state index in [0.717, 1.165) is 11.8 Å². The molecule has 3 aromatic rings. The molecule has 7 nitrogen and oxygen atoms in total. The smallest absolute Gasteiger partial charge is 0.321 e. The molecule has 3 aromatic carbocycles. The molecule has 0 amide bonds. The molecule has 0 saturated heterocycles. The number of aryl methyl sites for hydroxylation is 1. The standard InChI is InChI=1S/C26H28Cl2NO6PS/c1-36(33,20-7-4-6-19(30)15-20)10-9-18-12-23(27)22(24(28)13-18)16-29-25(26(31)32)14-17-5-3-8-21(11-17)37(2,34)35/h3-8,11-13,15,25,29-30H,9-10,14,16H2,1-2H3,(H,31,32)/t25-,36?/m0/s1. The number of aliphatic carboxylic acids is 1. The maximum atomic E-state index is 13.2. The summed E-state index contributed by atoms with van der Waals surface area (Å²) in [5, 5.41) is 23.6. The summed E-state index contributed by atoms with van der Waals surface area (Å²) in [5.74, 6) is -1.04. The van der Waals surface area contributed by atoms with Gasteiger partial charge in [0.25, 0.3) is 0 Å². The van der Waals surface area contributed by atoms with Crippen LogP contribution in [0.1, 0.15) is 16.7 Å². The van der Waals surface area contributed by atoms with Gasteiger partial charge in [0.1, 0.15) is 18.9 Å². The van der Waals surface area contributed by atoms with Crippen LogP contribution in [0.25, 0.3) is 0 Å². The highest BCUT2D eigenvalue weighted by Gasteiger charge is 2.22. The molecule has 0 fully saturated rings. The quantitative estimate of drug-likeness (QED) is 0.278. The number of nitrogens with one attached hydrogen (secondary N) is 1. The lowest BCUT2D eigenvalue weighted by Gasteiger charge is -2.18. The van der Waals surface area contributed by atoms with E-state index in [1.54, 1.807) is 43.1 Å². The Morgan fingerprint density at radius 1 is 1.03 bits per heavy atom. The SMILES string of the molecule is CP(=O)(CCc1cc(Cl)c(CN[C@@H](Cc2cccc(S(C)(=O)=O)c2)C(=O)O)c(Cl)c1)c1cccc(O)c1. The van der Waals surface area contributed by atoms with Crippen molar-refractivity contribution in [2.75, 3.05) is 19.1 Å². The third kappa shape index (κ3) is 8.06. The molecule has 1 unspecified atom stereocenters. The van der Waals surface area contributed by atoms with E-state index in [9.17, 15) is 28.0 Å². The van der Waals surface area contributed by atoms with Gasteiger partial charge in [-0.1, -0.05) is 47.5 Å². The van der Waals surface area contributed by atoms with Gasteiger partial charge in [0.2, 0.25) is 0 Å². The van der Waals surface area contributed by atoms with Crippen LogP contribution >= 0.6 is 30.3 Å². The summed E-state index contributed by atoms with van der Waals surface area (Å²) in [6.07, 6.45) is 1.96. The van der Waals surface area contributed by atoms with Crippen molar-refractivity contribution in [1.29, 1.82) is 0 Å². The van der Waals surface area contributed by atoms with Gasteiger partial charge in [-0.3, -0.25) is 10.1 Å². The Kier molecular flexibility index (Phi) is 9.48. The third-order valence-corrected chi connectivity index (χ3v) is 10.2. The lowest BCUT2D eigenvalue weighted by Crippen LogP contribution is -2.38. The summed E-state index contributed by atoms with van der Waals surface area (Å²) in [6, 6.07) is 15.0. The molecule has 198 valence electrons. The number of hydrogen-bond donors (Lipinski definition) is 3. The molecular weight excluding hydrogens is 556 g/mol. The molecule has 0 aromatic heterocycles. The first kappa shape index (κ1) is 29.2. The van der Waals surface area contributed by atoms with Gasteiger partial charge in [-0.25, -0.2) is 8.42 Å². The monoisotopic (exact) mass is 583 g/mol. The highest BCUT2D eigenvalue weighted by Crippen LogP contribution is 2.41. The van der Waals surface area contributed by atoms with E-state index in [1.807, 2.05) is 0 Å². The van der Waals surface area contributed by atoms with E-state index in [0.29, 0.717) is 39.1 Å². The van der Waals surface area contributed by atoms with Gasteiger partial charge in [-0.2, -0.15) is 0 Å². The summed E-state index contributed by atoms with van der Waals surface area (Å²) in [4.78, 5) is 12.0. The van der Waals surface area contributed by atoms with Crippen molar-refractivity contribution in [3.63, 3.8) is 0 Å². The predicted molar refractivity (Wildman–Crippen MR) is 148 cm³/mol. The van der Waals surface area contributed by atoms with E-state index in [-0.39, 0.29) is 23.6 Å². The van der Waals surface area contributed by atoms with Gasteiger partial charge >= 0.3 is 5.97 Å². The van der Waals surface area contributed by atoms with E-state index < -0.39 is 29.0 Å². The van der Waals surface area contributed by atoms with Crippen molar-refractivity contribution >= 4 is 51.5 Å². The molecule has 3 N–H and O–H groups in total. The molecule has 11 heteroatoms. The van der Waals surface area contributed by atoms with Crippen LogP contribution in [0.3, 0.4) is 0 Å². The normalized spacial score (nSPS) is 14.2. The minimum atomic E-state index is -3.42. The average molecular weight is 584 g/mol. The van der Waals surface area contributed by atoms with E-state index in [2.05, 4.69) is 5.32 Å². The second kappa shape index (κ2) is 12.0. The van der Waals surface area contributed by atoms with Crippen LogP contribution in [-0.4, -0.2) is 49.7 Å². The zero-order chi connectivity index (χ0) is 27.4. The number of rotatable bonds is 11. The Hall–Kier alpha value is -2.35. The van der Waals surface area contributed by atoms with Crippen molar-refractivity contribution in [2.45, 2.75) is 30.3 Å². The molecule has 0 aliphatic heterocycles. The van der Waals surface area contributed by atoms with Crippen LogP contribution < -0.4 is 10.6 Å². The van der Waals surface area contributed by atoms with Crippen molar-refractivity contribution in [1.82, 2.24) is 5.32 Å². The number of carbonyl (C=O) groups is 1. The van der Waals surface area contributed by atoms with Crippen LogP contribution in [0.2, 0.25) is 10.0 Å². The topological polar surface area (TPSA) is 121 Å². The largest absolute Gasteiger partial charge is 0.508 e. The Balaban J connectivity index is 1.69. The van der Waals surface area contributed by atoms with Crippen LogP contribution in [0.5, 0.6) is 5.75 Å². The number of halogens is 2. The van der Waals surface area contributed by atoms with Crippen molar-refractivity contribution in [3.8, 4) is 5.75 Å². The highest BCUT2D eigenvalue weighted by atomic mass is 35.5. The fourth-order valence-corrected chi connectivity index (χ4v) is 6.95. The first-order valence-corrected chi connectivity index (χ1v) is 16.3. The number of benzene rings is 3. The number of carboxylic acid groups (broad SMARTS) is 1. The van der Waals surface area contributed by atoms with E-state index in [4.69, 9.17) is 23.2 Å². The second-order valence-electron chi connectivity index (χ2n) is 9.03. The van der Waals surface area contributed by atoms with Gasteiger partial charge in [-0.15, -0.1) is 0 Å².